The minimum Gasteiger partial charge on any atom is -0.394 e. The first-order valence-corrected chi connectivity index (χ1v) is 10.1. The van der Waals surface area contributed by atoms with Crippen molar-refractivity contribution >= 4 is 39.6 Å². The number of anilines is 1. The van der Waals surface area contributed by atoms with Gasteiger partial charge >= 0.3 is 0 Å². The molecule has 0 aromatic carbocycles. The number of hydrogen-bond acceptors (Lipinski definition) is 9. The van der Waals surface area contributed by atoms with Gasteiger partial charge in [-0.25, -0.2) is 9.97 Å². The van der Waals surface area contributed by atoms with E-state index in [0.29, 0.717) is 28.9 Å². The largest absolute Gasteiger partial charge is 0.394 e. The lowest BCUT2D eigenvalue weighted by Crippen LogP contribution is -2.47. The Morgan fingerprint density at radius 1 is 1.37 bits per heavy atom. The smallest absolute Gasteiger partial charge is 0.283 e. The Bertz CT molecular complexity index is 882. The van der Waals surface area contributed by atoms with Gasteiger partial charge in [-0.05, 0) is 6.92 Å². The predicted octanol–water partition coefficient (Wildman–Crippen LogP) is 1.09. The molecule has 4 heterocycles. The maximum Gasteiger partial charge on any atom is 0.283 e. The van der Waals surface area contributed by atoms with E-state index >= 15 is 0 Å². The van der Waals surface area contributed by atoms with Crippen molar-refractivity contribution in [2.45, 2.75) is 32.3 Å². The molecule has 2 amide bonds. The third kappa shape index (κ3) is 3.60. The monoisotopic (exact) mass is 410 g/mol. The molecule has 0 radical (unpaired) electrons. The van der Waals surface area contributed by atoms with Crippen LogP contribution in [0.2, 0.25) is 0 Å². The van der Waals surface area contributed by atoms with Gasteiger partial charge in [0.15, 0.2) is 16.4 Å². The van der Waals surface area contributed by atoms with Gasteiger partial charge in [0.2, 0.25) is 5.91 Å². The number of ether oxygens (including phenoxy) is 2. The van der Waals surface area contributed by atoms with E-state index in [1.54, 1.807) is 4.90 Å². The molecule has 27 heavy (non-hydrogen) atoms. The van der Waals surface area contributed by atoms with Crippen LogP contribution in [0.1, 0.15) is 22.4 Å². The van der Waals surface area contributed by atoms with E-state index in [2.05, 4.69) is 15.3 Å². The van der Waals surface area contributed by atoms with Crippen LogP contribution in [-0.2, 0) is 14.3 Å². The quantitative estimate of drug-likeness (QED) is 0.776. The molecule has 144 valence electrons. The number of fused-ring (bicyclic) bond motifs is 2. The summed E-state index contributed by atoms with van der Waals surface area (Å²) in [7, 11) is 0. The number of aliphatic hydroxyl groups is 1. The predicted molar refractivity (Wildman–Crippen MR) is 98.8 cm³/mol. The average molecular weight is 410 g/mol. The number of thiazole rings is 2. The maximum atomic E-state index is 12.8. The number of amides is 2. The topological polar surface area (TPSA) is 114 Å². The van der Waals surface area contributed by atoms with Gasteiger partial charge in [0.25, 0.3) is 5.91 Å². The Balaban J connectivity index is 1.50. The summed E-state index contributed by atoms with van der Waals surface area (Å²) in [6, 6.07) is 0. The standard InChI is InChI=1S/C16H18N4O5S2/c1-7-13(27-16(17-7)18-8(2)22)9-6-26-14(19-9)15(23)20-3-10-11(5-21)25-12(4-20)24-10/h6,10-12,21H,3-5H2,1-2H3,(H,17,18,22)/t10-,11-,12+/m0/s1. The molecule has 0 saturated carbocycles. The van der Waals surface area contributed by atoms with E-state index in [1.807, 2.05) is 12.3 Å². The van der Waals surface area contributed by atoms with Crippen molar-refractivity contribution in [3.8, 4) is 10.6 Å². The fraction of sp³-hybridized carbons (Fsp3) is 0.500. The van der Waals surface area contributed by atoms with Gasteiger partial charge in [-0.15, -0.1) is 11.3 Å². The summed E-state index contributed by atoms with van der Waals surface area (Å²) < 4.78 is 11.2. The molecule has 2 bridgehead atoms. The van der Waals surface area contributed by atoms with Crippen molar-refractivity contribution in [3.63, 3.8) is 0 Å². The average Bonchev–Trinajstić information content (AvgIpc) is 3.31. The van der Waals surface area contributed by atoms with Crippen LogP contribution in [0.5, 0.6) is 0 Å². The lowest BCUT2D eigenvalue weighted by molar-refractivity contribution is -0.114. The van der Waals surface area contributed by atoms with E-state index in [1.165, 1.54) is 29.6 Å². The van der Waals surface area contributed by atoms with Crippen molar-refractivity contribution < 1.29 is 24.2 Å². The zero-order chi connectivity index (χ0) is 19.1. The molecule has 11 heteroatoms. The number of rotatable bonds is 4. The van der Waals surface area contributed by atoms with Crippen LogP contribution in [0.4, 0.5) is 5.13 Å². The molecule has 3 atom stereocenters. The van der Waals surface area contributed by atoms with Crippen LogP contribution in [0.3, 0.4) is 0 Å². The second kappa shape index (κ2) is 7.24. The number of hydrogen-bond donors (Lipinski definition) is 2. The third-order valence-corrected chi connectivity index (χ3v) is 6.23. The number of nitrogens with zero attached hydrogens (tertiary/aromatic N) is 3. The minimum atomic E-state index is -0.506. The summed E-state index contributed by atoms with van der Waals surface area (Å²) in [5.74, 6) is -0.370. The maximum absolute atomic E-state index is 12.8. The lowest BCUT2D eigenvalue weighted by Gasteiger charge is -2.30. The molecule has 2 fully saturated rings. The lowest BCUT2D eigenvalue weighted by atomic mass is 10.2. The van der Waals surface area contributed by atoms with Gasteiger partial charge in [-0.2, -0.15) is 0 Å². The highest BCUT2D eigenvalue weighted by Crippen LogP contribution is 2.34. The SMILES string of the molecule is CC(=O)Nc1nc(C)c(-c2csc(C(=O)N3C[C@H]4O[C@@H](CO)[C@H](C3)O4)n2)s1. The normalized spacial score (nSPS) is 24.3. The van der Waals surface area contributed by atoms with E-state index < -0.39 is 12.4 Å². The Labute approximate surface area is 163 Å². The number of nitrogens with one attached hydrogen (secondary N) is 1. The summed E-state index contributed by atoms with van der Waals surface area (Å²) in [6.07, 6.45) is -1.22. The molecule has 0 unspecified atom stereocenters. The van der Waals surface area contributed by atoms with Crippen molar-refractivity contribution in [1.29, 1.82) is 0 Å². The van der Waals surface area contributed by atoms with E-state index in [4.69, 9.17) is 9.47 Å². The minimum absolute atomic E-state index is 0.133. The van der Waals surface area contributed by atoms with Gasteiger partial charge < -0.3 is 24.8 Å². The number of aryl methyl sites for hydroxylation is 1. The zero-order valence-electron chi connectivity index (χ0n) is 14.7. The number of aromatic nitrogens is 2. The van der Waals surface area contributed by atoms with Crippen molar-refractivity contribution in [1.82, 2.24) is 14.9 Å². The second-order valence-electron chi connectivity index (χ2n) is 6.32. The Morgan fingerprint density at radius 3 is 2.93 bits per heavy atom. The molecule has 0 aliphatic carbocycles. The molecule has 2 aliphatic heterocycles. The summed E-state index contributed by atoms with van der Waals surface area (Å²) >= 11 is 2.59. The number of aliphatic hydroxyl groups excluding tert-OH is 1. The highest BCUT2D eigenvalue weighted by atomic mass is 32.1. The molecule has 2 aromatic rings. The van der Waals surface area contributed by atoms with Crippen LogP contribution in [0, 0.1) is 6.92 Å². The van der Waals surface area contributed by atoms with Crippen molar-refractivity contribution in [2.24, 2.45) is 0 Å². The van der Waals surface area contributed by atoms with Crippen LogP contribution in [0.15, 0.2) is 5.38 Å². The molecule has 0 spiro atoms. The molecule has 2 saturated heterocycles. The van der Waals surface area contributed by atoms with Gasteiger partial charge in [0.1, 0.15) is 12.2 Å². The molecule has 2 aliphatic rings. The summed E-state index contributed by atoms with van der Waals surface area (Å²) in [5, 5.41) is 14.7. The molecule has 2 aromatic heterocycles. The fourth-order valence-corrected chi connectivity index (χ4v) is 4.91. The van der Waals surface area contributed by atoms with E-state index in [0.717, 1.165) is 10.6 Å². The molecule has 2 N–H and O–H groups in total. The Hall–Kier alpha value is -1.92. The van der Waals surface area contributed by atoms with Crippen molar-refractivity contribution in [2.75, 3.05) is 25.0 Å². The summed E-state index contributed by atoms with van der Waals surface area (Å²) in [4.78, 5) is 35.3. The van der Waals surface area contributed by atoms with Crippen LogP contribution >= 0.6 is 22.7 Å². The van der Waals surface area contributed by atoms with E-state index in [9.17, 15) is 14.7 Å². The third-order valence-electron chi connectivity index (χ3n) is 4.30. The molecular formula is C16H18N4O5S2. The Kier molecular flexibility index (Phi) is 4.95. The number of carbonyl (C=O) groups excluding carboxylic acids is 2. The van der Waals surface area contributed by atoms with Gasteiger partial charge in [-0.3, -0.25) is 9.59 Å². The highest BCUT2D eigenvalue weighted by molar-refractivity contribution is 7.19. The fourth-order valence-electron chi connectivity index (χ4n) is 3.09. The summed E-state index contributed by atoms with van der Waals surface area (Å²) in [6.45, 7) is 3.81. The van der Waals surface area contributed by atoms with Gasteiger partial charge in [-0.1, -0.05) is 11.3 Å². The van der Waals surface area contributed by atoms with Crippen LogP contribution < -0.4 is 5.32 Å². The van der Waals surface area contributed by atoms with Crippen LogP contribution in [0.25, 0.3) is 10.6 Å². The number of morpholine rings is 1. The highest BCUT2D eigenvalue weighted by Gasteiger charge is 2.43. The Morgan fingerprint density at radius 2 is 2.19 bits per heavy atom. The van der Waals surface area contributed by atoms with E-state index in [-0.39, 0.29) is 24.5 Å². The first-order valence-electron chi connectivity index (χ1n) is 8.36. The zero-order valence-corrected chi connectivity index (χ0v) is 16.3. The first-order chi connectivity index (χ1) is 12.9. The molecular weight excluding hydrogens is 392 g/mol. The molecule has 9 nitrogen and oxygen atoms in total. The van der Waals surface area contributed by atoms with Crippen molar-refractivity contribution in [3.05, 3.63) is 16.1 Å². The molecule has 4 rings (SSSR count). The van der Waals surface area contributed by atoms with Gasteiger partial charge in [0, 0.05) is 12.3 Å². The second-order valence-corrected chi connectivity index (χ2v) is 8.18. The first kappa shape index (κ1) is 18.4. The summed E-state index contributed by atoms with van der Waals surface area (Å²) in [5.41, 5.74) is 1.41. The number of carbonyl (C=O) groups is 2. The van der Waals surface area contributed by atoms with Gasteiger partial charge in [0.05, 0.1) is 36.0 Å². The van der Waals surface area contributed by atoms with Crippen LogP contribution in [-0.4, -0.2) is 70.0 Å².